The SMILES string of the molecule is CCN1CCN(C(=O)CCN(C(C)=O)c2cccc(OC)c2)CC1. The monoisotopic (exact) mass is 333 g/mol. The molecular formula is C18H27N3O3. The van der Waals surface area contributed by atoms with Crippen LogP contribution in [-0.4, -0.2) is 68.0 Å². The number of nitrogens with zero attached hydrogens (tertiary/aromatic N) is 3. The van der Waals surface area contributed by atoms with Gasteiger partial charge in [-0.25, -0.2) is 0 Å². The lowest BCUT2D eigenvalue weighted by atomic mass is 10.2. The van der Waals surface area contributed by atoms with Crippen LogP contribution in [0.15, 0.2) is 24.3 Å². The first kappa shape index (κ1) is 18.3. The van der Waals surface area contributed by atoms with Gasteiger partial charge in [0.25, 0.3) is 0 Å². The van der Waals surface area contributed by atoms with Crippen LogP contribution in [0.2, 0.25) is 0 Å². The summed E-state index contributed by atoms with van der Waals surface area (Å²) in [5.41, 5.74) is 0.755. The molecule has 0 unspecified atom stereocenters. The van der Waals surface area contributed by atoms with Crippen LogP contribution in [0.1, 0.15) is 20.3 Å². The molecule has 2 amide bonds. The number of carbonyl (C=O) groups is 2. The maximum Gasteiger partial charge on any atom is 0.224 e. The Labute approximate surface area is 144 Å². The maximum absolute atomic E-state index is 12.4. The highest BCUT2D eigenvalue weighted by atomic mass is 16.5. The third kappa shape index (κ3) is 4.71. The van der Waals surface area contributed by atoms with Gasteiger partial charge < -0.3 is 19.4 Å². The molecule has 0 atom stereocenters. The summed E-state index contributed by atoms with van der Waals surface area (Å²) in [6.07, 6.45) is 0.336. The van der Waals surface area contributed by atoms with Crippen LogP contribution in [0.4, 0.5) is 5.69 Å². The predicted molar refractivity (Wildman–Crippen MR) is 94.3 cm³/mol. The van der Waals surface area contributed by atoms with E-state index < -0.39 is 0 Å². The van der Waals surface area contributed by atoms with Gasteiger partial charge in [0.1, 0.15) is 5.75 Å². The van der Waals surface area contributed by atoms with Crippen LogP contribution in [0, 0.1) is 0 Å². The first-order chi connectivity index (χ1) is 11.5. The Morgan fingerprint density at radius 1 is 1.21 bits per heavy atom. The molecule has 0 saturated carbocycles. The Bertz CT molecular complexity index is 568. The highest BCUT2D eigenvalue weighted by Crippen LogP contribution is 2.21. The van der Waals surface area contributed by atoms with Crippen molar-refractivity contribution in [1.29, 1.82) is 0 Å². The molecule has 0 aromatic heterocycles. The number of benzene rings is 1. The Morgan fingerprint density at radius 2 is 1.92 bits per heavy atom. The summed E-state index contributed by atoms with van der Waals surface area (Å²) in [7, 11) is 1.59. The third-order valence-corrected chi connectivity index (χ3v) is 4.47. The summed E-state index contributed by atoms with van der Waals surface area (Å²) >= 11 is 0. The second kappa shape index (κ2) is 8.68. The van der Waals surface area contributed by atoms with Crippen molar-refractivity contribution in [3.63, 3.8) is 0 Å². The van der Waals surface area contributed by atoms with Gasteiger partial charge in [0, 0.05) is 57.8 Å². The van der Waals surface area contributed by atoms with Gasteiger partial charge in [0.05, 0.1) is 7.11 Å². The minimum Gasteiger partial charge on any atom is -0.497 e. The van der Waals surface area contributed by atoms with Gasteiger partial charge in [0.15, 0.2) is 0 Å². The summed E-state index contributed by atoms with van der Waals surface area (Å²) in [5, 5.41) is 0. The molecule has 6 heteroatoms. The zero-order chi connectivity index (χ0) is 17.5. The molecule has 1 fully saturated rings. The molecule has 1 heterocycles. The molecule has 2 rings (SSSR count). The van der Waals surface area contributed by atoms with E-state index in [4.69, 9.17) is 4.74 Å². The van der Waals surface area contributed by atoms with E-state index in [1.54, 1.807) is 12.0 Å². The lowest BCUT2D eigenvalue weighted by Crippen LogP contribution is -2.49. The highest BCUT2D eigenvalue weighted by Gasteiger charge is 2.21. The smallest absolute Gasteiger partial charge is 0.224 e. The lowest BCUT2D eigenvalue weighted by molar-refractivity contribution is -0.132. The summed E-state index contributed by atoms with van der Waals surface area (Å²) < 4.78 is 5.21. The molecule has 1 aromatic carbocycles. The molecule has 24 heavy (non-hydrogen) atoms. The van der Waals surface area contributed by atoms with Gasteiger partial charge in [-0.1, -0.05) is 13.0 Å². The van der Waals surface area contributed by atoms with Crippen LogP contribution >= 0.6 is 0 Å². The minimum atomic E-state index is -0.0770. The normalized spacial score (nSPS) is 15.2. The summed E-state index contributed by atoms with van der Waals surface area (Å²) in [4.78, 5) is 30.2. The number of methoxy groups -OCH3 is 1. The van der Waals surface area contributed by atoms with E-state index in [0.29, 0.717) is 18.7 Å². The Hall–Kier alpha value is -2.08. The average Bonchev–Trinajstić information content (AvgIpc) is 2.61. The van der Waals surface area contributed by atoms with Crippen LogP contribution < -0.4 is 9.64 Å². The van der Waals surface area contributed by atoms with E-state index in [2.05, 4.69) is 11.8 Å². The zero-order valence-corrected chi connectivity index (χ0v) is 14.8. The van der Waals surface area contributed by atoms with Crippen LogP contribution in [0.25, 0.3) is 0 Å². The maximum atomic E-state index is 12.4. The van der Waals surface area contributed by atoms with Crippen molar-refractivity contribution in [2.24, 2.45) is 0 Å². The Morgan fingerprint density at radius 3 is 2.50 bits per heavy atom. The fourth-order valence-corrected chi connectivity index (χ4v) is 2.93. The number of anilines is 1. The number of likely N-dealkylation sites (N-methyl/N-ethyl adjacent to an activating group) is 1. The topological polar surface area (TPSA) is 53.1 Å². The molecule has 0 aliphatic carbocycles. The standard InChI is InChI=1S/C18H27N3O3/c1-4-19-10-12-20(13-11-19)18(23)8-9-21(15(2)22)16-6-5-7-17(14-16)24-3/h5-7,14H,4,8-13H2,1-3H3. The largest absolute Gasteiger partial charge is 0.497 e. The molecule has 132 valence electrons. The fraction of sp³-hybridized carbons (Fsp3) is 0.556. The van der Waals surface area contributed by atoms with Gasteiger partial charge in [-0.3, -0.25) is 9.59 Å². The molecule has 1 aliphatic rings. The van der Waals surface area contributed by atoms with E-state index in [1.165, 1.54) is 6.92 Å². The molecule has 0 N–H and O–H groups in total. The summed E-state index contributed by atoms with van der Waals surface area (Å²) in [6, 6.07) is 7.34. The second-order valence-corrected chi connectivity index (χ2v) is 5.94. The number of amides is 2. The predicted octanol–water partition coefficient (Wildman–Crippen LogP) is 1.60. The minimum absolute atomic E-state index is 0.0770. The molecule has 0 spiro atoms. The fourth-order valence-electron chi connectivity index (χ4n) is 2.93. The summed E-state index contributed by atoms with van der Waals surface area (Å²) in [5.74, 6) is 0.729. The molecule has 1 aromatic rings. The molecule has 1 saturated heterocycles. The summed E-state index contributed by atoms with van der Waals surface area (Å²) in [6.45, 7) is 8.45. The number of ether oxygens (including phenoxy) is 1. The number of hydrogen-bond acceptors (Lipinski definition) is 4. The Kier molecular flexibility index (Phi) is 6.61. The third-order valence-electron chi connectivity index (χ3n) is 4.47. The number of rotatable bonds is 6. The quantitative estimate of drug-likeness (QED) is 0.793. The van der Waals surface area contributed by atoms with Crippen molar-refractivity contribution in [3.05, 3.63) is 24.3 Å². The molecule has 1 aliphatic heterocycles. The molecule has 6 nitrogen and oxygen atoms in total. The molecular weight excluding hydrogens is 306 g/mol. The first-order valence-electron chi connectivity index (χ1n) is 8.47. The van der Waals surface area contributed by atoms with Gasteiger partial charge >= 0.3 is 0 Å². The highest BCUT2D eigenvalue weighted by molar-refractivity contribution is 5.92. The van der Waals surface area contributed by atoms with Crippen molar-refractivity contribution in [2.75, 3.05) is 51.3 Å². The zero-order valence-electron chi connectivity index (χ0n) is 14.8. The van der Waals surface area contributed by atoms with Gasteiger partial charge in [-0.2, -0.15) is 0 Å². The number of hydrogen-bond donors (Lipinski definition) is 0. The van der Waals surface area contributed by atoms with Crippen molar-refractivity contribution in [2.45, 2.75) is 20.3 Å². The van der Waals surface area contributed by atoms with E-state index in [-0.39, 0.29) is 11.8 Å². The van der Waals surface area contributed by atoms with Crippen LogP contribution in [0.3, 0.4) is 0 Å². The number of carbonyl (C=O) groups excluding carboxylic acids is 2. The van der Waals surface area contributed by atoms with Crippen molar-refractivity contribution >= 4 is 17.5 Å². The van der Waals surface area contributed by atoms with Crippen LogP contribution in [0.5, 0.6) is 5.75 Å². The molecule has 0 bridgehead atoms. The van der Waals surface area contributed by atoms with E-state index in [1.807, 2.05) is 29.2 Å². The number of piperazine rings is 1. The van der Waals surface area contributed by atoms with E-state index in [9.17, 15) is 9.59 Å². The van der Waals surface area contributed by atoms with E-state index in [0.717, 1.165) is 38.4 Å². The van der Waals surface area contributed by atoms with Crippen molar-refractivity contribution in [3.8, 4) is 5.75 Å². The second-order valence-electron chi connectivity index (χ2n) is 5.94. The van der Waals surface area contributed by atoms with Crippen LogP contribution in [-0.2, 0) is 9.59 Å². The van der Waals surface area contributed by atoms with Crippen molar-refractivity contribution < 1.29 is 14.3 Å². The Balaban J connectivity index is 1.94. The van der Waals surface area contributed by atoms with Gasteiger partial charge in [0.2, 0.25) is 11.8 Å². The average molecular weight is 333 g/mol. The van der Waals surface area contributed by atoms with Gasteiger partial charge in [-0.05, 0) is 18.7 Å². The van der Waals surface area contributed by atoms with E-state index >= 15 is 0 Å². The first-order valence-corrected chi connectivity index (χ1v) is 8.47. The van der Waals surface area contributed by atoms with Gasteiger partial charge in [-0.15, -0.1) is 0 Å². The van der Waals surface area contributed by atoms with Crippen molar-refractivity contribution in [1.82, 2.24) is 9.80 Å². The lowest BCUT2D eigenvalue weighted by Gasteiger charge is -2.34. The molecule has 0 radical (unpaired) electrons.